The first-order valence-corrected chi connectivity index (χ1v) is 5.60. The molecule has 0 saturated heterocycles. The minimum atomic E-state index is -0.463. The van der Waals surface area contributed by atoms with Crippen LogP contribution in [0.25, 0.3) is 16.8 Å². The van der Waals surface area contributed by atoms with Crippen molar-refractivity contribution in [2.45, 2.75) is 0 Å². The van der Waals surface area contributed by atoms with Gasteiger partial charge in [0.25, 0.3) is 5.91 Å². The molecule has 2 aromatic heterocycles. The molecule has 0 unspecified atom stereocenters. The maximum absolute atomic E-state index is 11.6. The second kappa shape index (κ2) is 4.00. The van der Waals surface area contributed by atoms with Crippen molar-refractivity contribution in [2.24, 2.45) is 5.73 Å². The number of pyridine rings is 1. The lowest BCUT2D eigenvalue weighted by molar-refractivity contribution is 0.100. The molecule has 4 nitrogen and oxygen atoms in total. The first-order valence-electron chi connectivity index (χ1n) is 5.60. The summed E-state index contributed by atoms with van der Waals surface area (Å²) in [6.07, 6.45) is 1.80. The normalized spacial score (nSPS) is 10.7. The molecule has 88 valence electrons. The molecule has 0 spiro atoms. The standard InChI is InChI=1S/C14H11N3O/c15-14(18)12-11-8-4-5-9-17(11)16-13(12)10-6-2-1-3-7-10/h1-9H,(H2,15,18). The fourth-order valence-corrected chi connectivity index (χ4v) is 2.04. The summed E-state index contributed by atoms with van der Waals surface area (Å²) in [5.41, 5.74) is 8.16. The number of fused-ring (bicyclic) bond motifs is 1. The molecule has 0 bridgehead atoms. The molecule has 1 aromatic carbocycles. The number of aromatic nitrogens is 2. The van der Waals surface area contributed by atoms with Crippen molar-refractivity contribution >= 4 is 11.4 Å². The molecule has 0 fully saturated rings. The first kappa shape index (κ1) is 10.5. The monoisotopic (exact) mass is 237 g/mol. The third kappa shape index (κ3) is 1.55. The lowest BCUT2D eigenvalue weighted by atomic mass is 10.1. The van der Waals surface area contributed by atoms with Crippen LogP contribution in [0.4, 0.5) is 0 Å². The topological polar surface area (TPSA) is 60.4 Å². The van der Waals surface area contributed by atoms with Crippen molar-refractivity contribution in [1.82, 2.24) is 9.61 Å². The van der Waals surface area contributed by atoms with E-state index in [1.165, 1.54) is 0 Å². The molecule has 0 aliphatic rings. The highest BCUT2D eigenvalue weighted by Crippen LogP contribution is 2.25. The molecule has 0 radical (unpaired) electrons. The maximum atomic E-state index is 11.6. The van der Waals surface area contributed by atoms with Gasteiger partial charge in [-0.05, 0) is 12.1 Å². The molecular formula is C14H11N3O. The van der Waals surface area contributed by atoms with Gasteiger partial charge in [0.15, 0.2) is 0 Å². The van der Waals surface area contributed by atoms with Crippen LogP contribution in [-0.2, 0) is 0 Å². The fraction of sp³-hybridized carbons (Fsp3) is 0. The highest BCUT2D eigenvalue weighted by Gasteiger charge is 2.17. The van der Waals surface area contributed by atoms with Gasteiger partial charge in [0.05, 0.1) is 11.1 Å². The molecule has 3 rings (SSSR count). The maximum Gasteiger partial charge on any atom is 0.253 e. The SMILES string of the molecule is NC(=O)c1c(-c2ccccc2)nn2ccccc12. The number of amides is 1. The Bertz CT molecular complexity index is 716. The largest absolute Gasteiger partial charge is 0.365 e. The third-order valence-corrected chi connectivity index (χ3v) is 2.83. The van der Waals surface area contributed by atoms with E-state index in [9.17, 15) is 4.79 Å². The second-order valence-corrected chi connectivity index (χ2v) is 3.98. The molecular weight excluding hydrogens is 226 g/mol. The molecule has 2 heterocycles. The molecule has 18 heavy (non-hydrogen) atoms. The molecule has 0 aliphatic carbocycles. The molecule has 2 N–H and O–H groups in total. The molecule has 0 saturated carbocycles. The van der Waals surface area contributed by atoms with Crippen molar-refractivity contribution in [1.29, 1.82) is 0 Å². The predicted molar refractivity (Wildman–Crippen MR) is 69.1 cm³/mol. The van der Waals surface area contributed by atoms with Crippen LogP contribution in [0.15, 0.2) is 54.7 Å². The predicted octanol–water partition coefficient (Wildman–Crippen LogP) is 2.10. The quantitative estimate of drug-likeness (QED) is 0.742. The Balaban J connectivity index is 2.36. The van der Waals surface area contributed by atoms with Crippen LogP contribution in [-0.4, -0.2) is 15.5 Å². The lowest BCUT2D eigenvalue weighted by Crippen LogP contribution is -2.11. The zero-order valence-electron chi connectivity index (χ0n) is 9.58. The zero-order valence-corrected chi connectivity index (χ0v) is 9.58. The van der Waals surface area contributed by atoms with Crippen LogP contribution in [0, 0.1) is 0 Å². The van der Waals surface area contributed by atoms with Gasteiger partial charge in [-0.2, -0.15) is 5.10 Å². The summed E-state index contributed by atoms with van der Waals surface area (Å²) < 4.78 is 1.67. The first-order chi connectivity index (χ1) is 8.77. The fourth-order valence-electron chi connectivity index (χ4n) is 2.04. The average molecular weight is 237 g/mol. The Morgan fingerprint density at radius 3 is 2.50 bits per heavy atom. The molecule has 0 atom stereocenters. The van der Waals surface area contributed by atoms with Gasteiger partial charge in [-0.3, -0.25) is 4.79 Å². The van der Waals surface area contributed by atoms with E-state index in [0.717, 1.165) is 11.1 Å². The van der Waals surface area contributed by atoms with Crippen molar-refractivity contribution < 1.29 is 4.79 Å². The Morgan fingerprint density at radius 2 is 1.78 bits per heavy atom. The molecule has 1 amide bonds. The van der Waals surface area contributed by atoms with Crippen LogP contribution in [0.3, 0.4) is 0 Å². The Labute approximate surface area is 104 Å². The smallest absolute Gasteiger partial charge is 0.253 e. The summed E-state index contributed by atoms with van der Waals surface area (Å²) in [6.45, 7) is 0. The van der Waals surface area contributed by atoms with E-state index in [1.807, 2.05) is 48.5 Å². The number of hydrogen-bond acceptors (Lipinski definition) is 2. The molecule has 3 aromatic rings. The number of carbonyl (C=O) groups excluding carboxylic acids is 1. The summed E-state index contributed by atoms with van der Waals surface area (Å²) in [7, 11) is 0. The van der Waals surface area contributed by atoms with Gasteiger partial charge < -0.3 is 5.73 Å². The minimum Gasteiger partial charge on any atom is -0.365 e. The van der Waals surface area contributed by atoms with E-state index in [1.54, 1.807) is 10.7 Å². The highest BCUT2D eigenvalue weighted by atomic mass is 16.1. The van der Waals surface area contributed by atoms with Gasteiger partial charge in [-0.1, -0.05) is 36.4 Å². The van der Waals surface area contributed by atoms with Crippen molar-refractivity contribution in [3.63, 3.8) is 0 Å². The number of carbonyl (C=O) groups is 1. The van der Waals surface area contributed by atoms with E-state index in [2.05, 4.69) is 5.10 Å². The number of nitrogens with zero attached hydrogens (tertiary/aromatic N) is 2. The van der Waals surface area contributed by atoms with Gasteiger partial charge in [0, 0.05) is 11.8 Å². The van der Waals surface area contributed by atoms with Crippen LogP contribution in [0.2, 0.25) is 0 Å². The van der Waals surface area contributed by atoms with Crippen molar-refractivity contribution in [3.05, 3.63) is 60.3 Å². The van der Waals surface area contributed by atoms with Gasteiger partial charge in [0.1, 0.15) is 5.69 Å². The highest BCUT2D eigenvalue weighted by molar-refractivity contribution is 6.05. The van der Waals surface area contributed by atoms with Crippen LogP contribution in [0.5, 0.6) is 0 Å². The Kier molecular flexibility index (Phi) is 2.34. The van der Waals surface area contributed by atoms with E-state index in [-0.39, 0.29) is 0 Å². The number of nitrogens with two attached hydrogens (primary N) is 1. The van der Waals surface area contributed by atoms with Crippen LogP contribution >= 0.6 is 0 Å². The summed E-state index contributed by atoms with van der Waals surface area (Å²) >= 11 is 0. The number of rotatable bonds is 2. The van der Waals surface area contributed by atoms with Crippen molar-refractivity contribution in [3.8, 4) is 11.3 Å². The number of benzene rings is 1. The van der Waals surface area contributed by atoms with Crippen LogP contribution < -0.4 is 5.73 Å². The summed E-state index contributed by atoms with van der Waals surface area (Å²) in [6, 6.07) is 15.1. The molecule has 0 aliphatic heterocycles. The number of hydrogen-bond donors (Lipinski definition) is 1. The van der Waals surface area contributed by atoms with Crippen molar-refractivity contribution in [2.75, 3.05) is 0 Å². The van der Waals surface area contributed by atoms with Gasteiger partial charge in [-0.15, -0.1) is 0 Å². The minimum absolute atomic E-state index is 0.460. The third-order valence-electron chi connectivity index (χ3n) is 2.83. The van der Waals surface area contributed by atoms with Gasteiger partial charge >= 0.3 is 0 Å². The van der Waals surface area contributed by atoms with E-state index >= 15 is 0 Å². The van der Waals surface area contributed by atoms with Crippen LogP contribution in [0.1, 0.15) is 10.4 Å². The lowest BCUT2D eigenvalue weighted by Gasteiger charge is -1.98. The van der Waals surface area contributed by atoms with E-state index in [0.29, 0.717) is 11.3 Å². The van der Waals surface area contributed by atoms with E-state index < -0.39 is 5.91 Å². The van der Waals surface area contributed by atoms with Gasteiger partial charge in [0.2, 0.25) is 0 Å². The number of primary amides is 1. The summed E-state index contributed by atoms with van der Waals surface area (Å²) in [5, 5.41) is 4.42. The van der Waals surface area contributed by atoms with Gasteiger partial charge in [-0.25, -0.2) is 4.52 Å². The summed E-state index contributed by atoms with van der Waals surface area (Å²) in [4.78, 5) is 11.6. The second-order valence-electron chi connectivity index (χ2n) is 3.98. The summed E-state index contributed by atoms with van der Waals surface area (Å²) in [5.74, 6) is -0.463. The van der Waals surface area contributed by atoms with E-state index in [4.69, 9.17) is 5.73 Å². The average Bonchev–Trinajstić information content (AvgIpc) is 2.79. The Hall–Kier alpha value is -2.62. The molecule has 4 heteroatoms. The zero-order chi connectivity index (χ0) is 12.5. The Morgan fingerprint density at radius 1 is 1.06 bits per heavy atom.